The molecule has 8 heteroatoms. The number of halogens is 2. The normalized spacial score (nSPS) is 11.5. The van der Waals surface area contributed by atoms with Gasteiger partial charge in [-0.15, -0.1) is 0 Å². The number of rotatable bonds is 10. The van der Waals surface area contributed by atoms with Gasteiger partial charge in [-0.1, -0.05) is 23.2 Å². The maximum atomic E-state index is 6.32. The molecule has 0 radical (unpaired) electrons. The van der Waals surface area contributed by atoms with Crippen molar-refractivity contribution in [3.8, 4) is 5.75 Å². The predicted octanol–water partition coefficient (Wildman–Crippen LogP) is 4.62. The molecule has 3 rings (SSSR count). The number of imidazole rings is 1. The van der Waals surface area contributed by atoms with Gasteiger partial charge in [0.1, 0.15) is 18.8 Å². The van der Waals surface area contributed by atoms with E-state index in [1.807, 2.05) is 48.7 Å². The van der Waals surface area contributed by atoms with E-state index in [-0.39, 0.29) is 0 Å². The van der Waals surface area contributed by atoms with Gasteiger partial charge in [0.15, 0.2) is 11.0 Å². The van der Waals surface area contributed by atoms with Crippen LogP contribution in [0.4, 0.5) is 5.69 Å². The first-order chi connectivity index (χ1) is 14.6. The summed E-state index contributed by atoms with van der Waals surface area (Å²) in [7, 11) is 5.03. The maximum Gasteiger partial charge on any atom is 0.284 e. The molecule has 0 fully saturated rings. The summed E-state index contributed by atoms with van der Waals surface area (Å²) in [6.07, 6.45) is 3.93. The number of nitrogens with one attached hydrogen (secondary N) is 1. The molecule has 0 aliphatic carbocycles. The molecule has 0 saturated carbocycles. The van der Waals surface area contributed by atoms with Crippen molar-refractivity contribution in [2.75, 3.05) is 39.9 Å². The SMILES string of the molecule is COCCn1c(C=CNc2ccc(OC)cc2)[n+](CCOC)c2cc(Cl)c(Cl)cc21. The Morgan fingerprint density at radius 3 is 2.37 bits per heavy atom. The number of hydrogen-bond donors (Lipinski definition) is 1. The van der Waals surface area contributed by atoms with Crippen LogP contribution in [0.25, 0.3) is 17.1 Å². The number of aromatic nitrogens is 2. The highest BCUT2D eigenvalue weighted by Gasteiger charge is 2.24. The molecule has 0 atom stereocenters. The third-order valence-corrected chi connectivity index (χ3v) is 5.48. The molecule has 0 aliphatic rings. The van der Waals surface area contributed by atoms with Crippen molar-refractivity contribution in [1.82, 2.24) is 4.57 Å². The van der Waals surface area contributed by atoms with Crippen molar-refractivity contribution in [1.29, 1.82) is 0 Å². The molecule has 0 spiro atoms. The van der Waals surface area contributed by atoms with Crippen molar-refractivity contribution < 1.29 is 18.8 Å². The third kappa shape index (κ3) is 5.08. The average molecular weight is 451 g/mol. The van der Waals surface area contributed by atoms with Crippen LogP contribution in [0.2, 0.25) is 10.0 Å². The van der Waals surface area contributed by atoms with Crippen molar-refractivity contribution >= 4 is 46.0 Å². The Labute approximate surface area is 186 Å². The molecule has 30 heavy (non-hydrogen) atoms. The summed E-state index contributed by atoms with van der Waals surface area (Å²) in [4.78, 5) is 0. The van der Waals surface area contributed by atoms with E-state index in [9.17, 15) is 0 Å². The highest BCUT2D eigenvalue weighted by atomic mass is 35.5. The Morgan fingerprint density at radius 2 is 1.70 bits per heavy atom. The average Bonchev–Trinajstić information content (AvgIpc) is 3.03. The number of benzene rings is 2. The Morgan fingerprint density at radius 1 is 1.00 bits per heavy atom. The summed E-state index contributed by atoms with van der Waals surface area (Å²) in [6, 6.07) is 11.5. The fraction of sp³-hybridized carbons (Fsp3) is 0.318. The number of methoxy groups -OCH3 is 3. The lowest BCUT2D eigenvalue weighted by Gasteiger charge is -2.04. The summed E-state index contributed by atoms with van der Waals surface area (Å²) < 4.78 is 20.2. The molecule has 0 aliphatic heterocycles. The Bertz CT molecular complexity index is 966. The van der Waals surface area contributed by atoms with Gasteiger partial charge in [-0.2, -0.15) is 0 Å². The van der Waals surface area contributed by atoms with Crippen molar-refractivity contribution in [2.45, 2.75) is 13.1 Å². The number of ether oxygens (including phenoxy) is 3. The molecule has 1 aromatic heterocycles. The van der Waals surface area contributed by atoms with Crippen LogP contribution in [0.1, 0.15) is 5.82 Å². The second-order valence-corrected chi connectivity index (χ2v) is 7.42. The van der Waals surface area contributed by atoms with E-state index in [0.717, 1.165) is 28.3 Å². The maximum absolute atomic E-state index is 6.32. The summed E-state index contributed by atoms with van der Waals surface area (Å²) >= 11 is 12.6. The van der Waals surface area contributed by atoms with Gasteiger partial charge in [-0.05, 0) is 24.3 Å². The van der Waals surface area contributed by atoms with Crippen LogP contribution in [0.5, 0.6) is 5.75 Å². The lowest BCUT2D eigenvalue weighted by atomic mass is 10.3. The van der Waals surface area contributed by atoms with Gasteiger partial charge >= 0.3 is 0 Å². The molecule has 1 heterocycles. The van der Waals surface area contributed by atoms with Crippen molar-refractivity contribution in [3.63, 3.8) is 0 Å². The Kier molecular flexibility index (Phi) is 7.99. The minimum Gasteiger partial charge on any atom is -0.497 e. The quantitative estimate of drug-likeness (QED) is 0.457. The van der Waals surface area contributed by atoms with E-state index in [1.165, 1.54) is 0 Å². The van der Waals surface area contributed by atoms with Crippen LogP contribution in [0.3, 0.4) is 0 Å². The number of anilines is 1. The fourth-order valence-corrected chi connectivity index (χ4v) is 3.58. The summed E-state index contributed by atoms with van der Waals surface area (Å²) in [6.45, 7) is 2.49. The van der Waals surface area contributed by atoms with Crippen LogP contribution >= 0.6 is 23.2 Å². The van der Waals surface area contributed by atoms with Gasteiger partial charge in [0, 0.05) is 44.3 Å². The van der Waals surface area contributed by atoms with Gasteiger partial charge < -0.3 is 19.5 Å². The smallest absolute Gasteiger partial charge is 0.284 e. The first kappa shape index (κ1) is 22.4. The van der Waals surface area contributed by atoms with Crippen molar-refractivity contribution in [2.24, 2.45) is 0 Å². The zero-order valence-electron chi connectivity index (χ0n) is 17.3. The van der Waals surface area contributed by atoms with Crippen LogP contribution in [0, 0.1) is 0 Å². The molecule has 0 unspecified atom stereocenters. The first-order valence-corrected chi connectivity index (χ1v) is 10.3. The molecule has 160 valence electrons. The van der Waals surface area contributed by atoms with E-state index in [1.54, 1.807) is 21.3 Å². The standard InChI is InChI=1S/C22H25Cl2N3O3/c1-28-12-10-26-20-14-18(23)19(24)15-21(20)27(11-13-29-2)22(26)8-9-25-16-4-6-17(30-3)7-5-16/h4-9,14-15H,10-13H2,1-3H3/p+1. The fourth-order valence-electron chi connectivity index (χ4n) is 3.27. The summed E-state index contributed by atoms with van der Waals surface area (Å²) in [5, 5.41) is 4.34. The van der Waals surface area contributed by atoms with E-state index in [0.29, 0.717) is 36.3 Å². The van der Waals surface area contributed by atoms with E-state index >= 15 is 0 Å². The largest absolute Gasteiger partial charge is 0.497 e. The van der Waals surface area contributed by atoms with Crippen LogP contribution in [0.15, 0.2) is 42.6 Å². The minimum atomic E-state index is 0.520. The Hall–Kier alpha value is -2.25. The Balaban J connectivity index is 2.02. The second kappa shape index (κ2) is 10.7. The summed E-state index contributed by atoms with van der Waals surface area (Å²) in [5.74, 6) is 1.80. The molecule has 0 bridgehead atoms. The lowest BCUT2D eigenvalue weighted by Crippen LogP contribution is -2.38. The molecular weight excluding hydrogens is 425 g/mol. The molecule has 1 N–H and O–H groups in total. The molecular formula is C22H26Cl2N3O3+. The monoisotopic (exact) mass is 450 g/mol. The van der Waals surface area contributed by atoms with Crippen LogP contribution in [-0.2, 0) is 22.6 Å². The number of nitrogens with zero attached hydrogens (tertiary/aromatic N) is 2. The molecule has 0 saturated heterocycles. The molecule has 3 aromatic rings. The second-order valence-electron chi connectivity index (χ2n) is 6.61. The van der Waals surface area contributed by atoms with E-state index in [4.69, 9.17) is 37.4 Å². The summed E-state index contributed by atoms with van der Waals surface area (Å²) in [5.41, 5.74) is 2.93. The molecule has 0 amide bonds. The zero-order chi connectivity index (χ0) is 21.5. The lowest BCUT2D eigenvalue weighted by molar-refractivity contribution is -0.675. The predicted molar refractivity (Wildman–Crippen MR) is 122 cm³/mol. The van der Waals surface area contributed by atoms with Gasteiger partial charge in [0.25, 0.3) is 5.82 Å². The van der Waals surface area contributed by atoms with Gasteiger partial charge in [-0.25, -0.2) is 9.13 Å². The highest BCUT2D eigenvalue weighted by Crippen LogP contribution is 2.28. The third-order valence-electron chi connectivity index (χ3n) is 4.76. The van der Waals surface area contributed by atoms with Gasteiger partial charge in [0.2, 0.25) is 0 Å². The van der Waals surface area contributed by atoms with Crippen LogP contribution < -0.4 is 14.6 Å². The molecule has 2 aromatic carbocycles. The van der Waals surface area contributed by atoms with Crippen LogP contribution in [-0.4, -0.2) is 39.1 Å². The first-order valence-electron chi connectivity index (χ1n) is 9.55. The zero-order valence-corrected chi connectivity index (χ0v) is 18.8. The topological polar surface area (TPSA) is 48.5 Å². The molecule has 6 nitrogen and oxygen atoms in total. The van der Waals surface area contributed by atoms with E-state index in [2.05, 4.69) is 14.5 Å². The number of fused-ring (bicyclic) bond motifs is 1. The minimum absolute atomic E-state index is 0.520. The highest BCUT2D eigenvalue weighted by molar-refractivity contribution is 6.42. The number of hydrogen-bond acceptors (Lipinski definition) is 4. The van der Waals surface area contributed by atoms with Gasteiger partial charge in [-0.3, -0.25) is 0 Å². The van der Waals surface area contributed by atoms with Gasteiger partial charge in [0.05, 0.1) is 30.4 Å². The van der Waals surface area contributed by atoms with Crippen molar-refractivity contribution in [3.05, 3.63) is 58.5 Å². The van der Waals surface area contributed by atoms with E-state index < -0.39 is 0 Å².